The maximum Gasteiger partial charge on any atom is 0.246 e. The summed E-state index contributed by atoms with van der Waals surface area (Å²) in [5.74, 6) is 4.00. The number of benzene rings is 7. The van der Waals surface area contributed by atoms with Crippen LogP contribution in [0.15, 0.2) is 230 Å². The fourth-order valence-electron chi connectivity index (χ4n) is 7.48. The lowest BCUT2D eigenvalue weighted by molar-refractivity contribution is 0.482. The normalized spacial score (nSPS) is 14.4. The van der Waals surface area contributed by atoms with Gasteiger partial charge in [0.15, 0.2) is 0 Å². The van der Waals surface area contributed by atoms with Crippen molar-refractivity contribution in [3.8, 4) is 11.5 Å². The van der Waals surface area contributed by atoms with Crippen LogP contribution >= 0.6 is 0 Å². The van der Waals surface area contributed by atoms with Crippen LogP contribution < -0.4 is 19.4 Å². The molecule has 0 aromatic heterocycles. The Labute approximate surface area is 366 Å². The Bertz CT molecular complexity index is 2740. The molecule has 0 N–H and O–H groups in total. The molecule has 11 nitrogen and oxygen atoms in total. The standard InChI is InChI=1S/C52H42N10O/c1-3-37(2)38-29-33-45(34-30-38)63-46-35-31-44(32-36-46)61(43-27-17-8-18-28-43)49-57-51-55-47(59(39-19-9-4-10-20-39)40-21-11-5-12-22-40)53-50-54-48(56-52(58-49)62(50)51)60(41-23-13-6-14-24-41)42-25-15-7-16-26-42/h4-37H,3H2,1-2H3. The molecule has 7 aromatic rings. The number of guanidine groups is 6. The van der Waals surface area contributed by atoms with Crippen molar-refractivity contribution >= 4 is 69.9 Å². The molecule has 10 rings (SSSR count). The highest BCUT2D eigenvalue weighted by Crippen LogP contribution is 2.35. The minimum absolute atomic E-state index is 0.311. The van der Waals surface area contributed by atoms with Gasteiger partial charge in [-0.1, -0.05) is 117 Å². The molecule has 11 heteroatoms. The Morgan fingerprint density at radius 1 is 0.381 bits per heavy atom. The first-order valence-electron chi connectivity index (χ1n) is 21.0. The summed E-state index contributed by atoms with van der Waals surface area (Å²) in [4.78, 5) is 38.7. The van der Waals surface area contributed by atoms with Crippen LogP contribution in [0.1, 0.15) is 31.7 Å². The summed E-state index contributed by atoms with van der Waals surface area (Å²) in [6.45, 7) is 4.44. The molecule has 7 aromatic carbocycles. The second-order valence-electron chi connectivity index (χ2n) is 15.0. The zero-order chi connectivity index (χ0) is 42.5. The minimum Gasteiger partial charge on any atom is -0.457 e. The Morgan fingerprint density at radius 3 is 0.968 bits per heavy atom. The molecule has 0 radical (unpaired) electrons. The van der Waals surface area contributed by atoms with Crippen molar-refractivity contribution in [3.05, 3.63) is 206 Å². The van der Waals surface area contributed by atoms with Crippen molar-refractivity contribution in [2.45, 2.75) is 26.2 Å². The Kier molecular flexibility index (Phi) is 10.6. The molecule has 1 atom stereocenters. The largest absolute Gasteiger partial charge is 0.457 e. The van der Waals surface area contributed by atoms with Crippen molar-refractivity contribution in [1.82, 2.24) is 4.90 Å². The summed E-state index contributed by atoms with van der Waals surface area (Å²) >= 11 is 0. The van der Waals surface area contributed by atoms with Gasteiger partial charge in [0.25, 0.3) is 0 Å². The van der Waals surface area contributed by atoms with E-state index in [-0.39, 0.29) is 0 Å². The van der Waals surface area contributed by atoms with Crippen molar-refractivity contribution in [2.24, 2.45) is 30.0 Å². The van der Waals surface area contributed by atoms with Gasteiger partial charge in [0.05, 0.1) is 0 Å². The number of hydrogen-bond acceptors (Lipinski definition) is 11. The van der Waals surface area contributed by atoms with Crippen molar-refractivity contribution in [2.75, 3.05) is 14.7 Å². The van der Waals surface area contributed by atoms with Gasteiger partial charge in [0, 0.05) is 34.1 Å². The van der Waals surface area contributed by atoms with E-state index in [1.165, 1.54) is 5.56 Å². The molecule has 306 valence electrons. The van der Waals surface area contributed by atoms with Gasteiger partial charge in [0.1, 0.15) is 11.5 Å². The van der Waals surface area contributed by atoms with Gasteiger partial charge >= 0.3 is 0 Å². The predicted octanol–water partition coefficient (Wildman–Crippen LogP) is 12.3. The maximum atomic E-state index is 6.32. The van der Waals surface area contributed by atoms with Gasteiger partial charge in [-0.05, 0) is 115 Å². The summed E-state index contributed by atoms with van der Waals surface area (Å²) in [5, 5.41) is 0. The second kappa shape index (κ2) is 17.3. The molecule has 1 unspecified atom stereocenters. The molecule has 3 heterocycles. The SMILES string of the molecule is CCC(C)c1ccc(Oc2ccc(N(C3=NC4=NC(N(c5ccccc5)c5ccccc5)=NC5=NC(N(c6ccccc6)c6ccccc6)=NC(=N3)N54)c3ccccc3)cc2)cc1. The van der Waals surface area contributed by atoms with E-state index in [2.05, 4.69) is 26.0 Å². The van der Waals surface area contributed by atoms with Crippen LogP contribution in [0.5, 0.6) is 11.5 Å². The highest BCUT2D eigenvalue weighted by molar-refractivity contribution is 6.34. The quantitative estimate of drug-likeness (QED) is 0.137. The zero-order valence-electron chi connectivity index (χ0n) is 34.7. The van der Waals surface area contributed by atoms with Gasteiger partial charge < -0.3 is 4.74 Å². The van der Waals surface area contributed by atoms with E-state index in [4.69, 9.17) is 34.7 Å². The number of para-hydroxylation sites is 5. The van der Waals surface area contributed by atoms with Crippen LogP contribution in [0, 0.1) is 0 Å². The summed E-state index contributed by atoms with van der Waals surface area (Å²) < 4.78 is 6.32. The summed E-state index contributed by atoms with van der Waals surface area (Å²) in [6.07, 6.45) is 1.08. The highest BCUT2D eigenvalue weighted by Gasteiger charge is 2.39. The average Bonchev–Trinajstić information content (AvgIpc) is 3.34. The van der Waals surface area contributed by atoms with E-state index in [9.17, 15) is 0 Å². The molecule has 3 aliphatic heterocycles. The second-order valence-corrected chi connectivity index (χ2v) is 15.0. The molecule has 0 bridgehead atoms. The van der Waals surface area contributed by atoms with E-state index in [0.717, 1.165) is 46.3 Å². The first-order valence-corrected chi connectivity index (χ1v) is 21.0. The number of rotatable bonds is 10. The van der Waals surface area contributed by atoms with Crippen LogP contribution in [0.4, 0.5) is 34.1 Å². The zero-order valence-corrected chi connectivity index (χ0v) is 34.7. The third kappa shape index (κ3) is 7.98. The van der Waals surface area contributed by atoms with Gasteiger partial charge in [0.2, 0.25) is 35.8 Å². The lowest BCUT2D eigenvalue weighted by atomic mass is 9.99. The monoisotopic (exact) mass is 822 g/mol. The van der Waals surface area contributed by atoms with Crippen molar-refractivity contribution < 1.29 is 4.74 Å². The molecular weight excluding hydrogens is 781 g/mol. The number of nitrogens with zero attached hydrogens (tertiary/aromatic N) is 10. The van der Waals surface area contributed by atoms with Gasteiger partial charge in [-0.15, -0.1) is 0 Å². The minimum atomic E-state index is 0.311. The number of aliphatic imine (C=N–C) groups is 6. The summed E-state index contributed by atoms with van der Waals surface area (Å²) in [6, 6.07) is 66.4. The van der Waals surface area contributed by atoms with Gasteiger partial charge in [-0.25, -0.2) is 4.90 Å². The van der Waals surface area contributed by atoms with Gasteiger partial charge in [-0.2, -0.15) is 30.0 Å². The van der Waals surface area contributed by atoms with Crippen LogP contribution in [-0.4, -0.2) is 40.7 Å². The smallest absolute Gasteiger partial charge is 0.246 e. The third-order valence-corrected chi connectivity index (χ3v) is 10.9. The first-order chi connectivity index (χ1) is 31.1. The van der Waals surface area contributed by atoms with E-state index >= 15 is 0 Å². The Balaban J connectivity index is 1.12. The number of ether oxygens (including phenoxy) is 1. The highest BCUT2D eigenvalue weighted by atomic mass is 16.5. The fourth-order valence-corrected chi connectivity index (χ4v) is 7.48. The van der Waals surface area contributed by atoms with Crippen LogP contribution in [0.2, 0.25) is 0 Å². The lowest BCUT2D eigenvalue weighted by Crippen LogP contribution is -2.51. The first kappa shape index (κ1) is 38.7. The molecule has 0 aliphatic carbocycles. The molecule has 0 amide bonds. The van der Waals surface area contributed by atoms with Crippen molar-refractivity contribution in [1.29, 1.82) is 0 Å². The predicted molar refractivity (Wildman–Crippen MR) is 257 cm³/mol. The Morgan fingerprint density at radius 2 is 0.667 bits per heavy atom. The summed E-state index contributed by atoms with van der Waals surface area (Å²) in [7, 11) is 0. The van der Waals surface area contributed by atoms with Crippen LogP contribution in [-0.2, 0) is 0 Å². The van der Waals surface area contributed by atoms with E-state index in [0.29, 0.717) is 47.4 Å². The molecule has 63 heavy (non-hydrogen) atoms. The molecule has 3 aliphatic rings. The lowest BCUT2D eigenvalue weighted by Gasteiger charge is -2.36. The molecule has 0 saturated heterocycles. The maximum absolute atomic E-state index is 6.32. The molecule has 0 fully saturated rings. The van der Waals surface area contributed by atoms with E-state index in [1.807, 2.05) is 203 Å². The topological polar surface area (TPSA) is 96.3 Å². The van der Waals surface area contributed by atoms with E-state index in [1.54, 1.807) is 4.90 Å². The van der Waals surface area contributed by atoms with Crippen LogP contribution in [0.25, 0.3) is 0 Å². The summed E-state index contributed by atoms with van der Waals surface area (Å²) in [5.41, 5.74) is 6.42. The number of anilines is 6. The molecule has 0 spiro atoms. The molecular formula is C52H42N10O. The van der Waals surface area contributed by atoms with Crippen molar-refractivity contribution in [3.63, 3.8) is 0 Å². The fraction of sp³-hybridized carbons (Fsp3) is 0.0769. The van der Waals surface area contributed by atoms with Gasteiger partial charge in [-0.3, -0.25) is 14.7 Å². The molecule has 0 saturated carbocycles. The average molecular weight is 823 g/mol. The Hall–Kier alpha value is -8.44. The van der Waals surface area contributed by atoms with E-state index < -0.39 is 0 Å². The van der Waals surface area contributed by atoms with Crippen LogP contribution in [0.3, 0.4) is 0 Å². The third-order valence-electron chi connectivity index (χ3n) is 10.9. The number of hydrogen-bond donors (Lipinski definition) is 0.